The molecule has 0 spiro atoms. The number of ether oxygens (including phenoxy) is 5. The van der Waals surface area contributed by atoms with Crippen LogP contribution < -0.4 is 4.74 Å². The topological polar surface area (TPSA) is 63.2 Å². The Bertz CT molecular complexity index is 875. The first-order valence-electron chi connectivity index (χ1n) is 11.8. The van der Waals surface area contributed by atoms with Crippen LogP contribution >= 0.6 is 0 Å². The van der Waals surface area contributed by atoms with E-state index in [2.05, 4.69) is 0 Å². The van der Waals surface area contributed by atoms with Crippen molar-refractivity contribution in [1.82, 2.24) is 0 Å². The molecule has 0 aromatic heterocycles. The minimum Gasteiger partial charge on any atom is -0.427 e. The number of hydrogen-bond acceptors (Lipinski definition) is 6. The lowest BCUT2D eigenvalue weighted by Crippen LogP contribution is -2.54. The zero-order chi connectivity index (χ0) is 24.5. The molecule has 190 valence electrons. The fraction of sp³-hybridized carbons (Fsp3) is 0.720. The van der Waals surface area contributed by atoms with E-state index in [1.807, 2.05) is 12.1 Å². The third-order valence-corrected chi connectivity index (χ3v) is 8.11. The van der Waals surface area contributed by atoms with Gasteiger partial charge in [-0.05, 0) is 73.1 Å². The molecule has 2 saturated carbocycles. The van der Waals surface area contributed by atoms with Crippen LogP contribution in [0.5, 0.6) is 5.75 Å². The predicted molar refractivity (Wildman–Crippen MR) is 116 cm³/mol. The van der Waals surface area contributed by atoms with Gasteiger partial charge in [0.15, 0.2) is 0 Å². The van der Waals surface area contributed by atoms with Crippen molar-refractivity contribution >= 4 is 5.97 Å². The van der Waals surface area contributed by atoms with Crippen LogP contribution in [0.2, 0.25) is 0 Å². The van der Waals surface area contributed by atoms with Gasteiger partial charge in [0.25, 0.3) is 0 Å². The van der Waals surface area contributed by atoms with Crippen molar-refractivity contribution < 1.29 is 41.7 Å². The van der Waals surface area contributed by atoms with Gasteiger partial charge in [0.05, 0.1) is 18.1 Å². The molecule has 0 N–H and O–H groups in total. The van der Waals surface area contributed by atoms with Gasteiger partial charge >= 0.3 is 12.1 Å². The van der Waals surface area contributed by atoms with Crippen LogP contribution in [0.1, 0.15) is 49.7 Å². The Hall–Kier alpha value is -1.68. The molecule has 3 aliphatic rings. The molecule has 0 radical (unpaired) electrons. The first-order valence-corrected chi connectivity index (χ1v) is 11.8. The Balaban J connectivity index is 1.67. The summed E-state index contributed by atoms with van der Waals surface area (Å²) in [6, 6.07) is 5.53. The van der Waals surface area contributed by atoms with Crippen molar-refractivity contribution in [2.75, 3.05) is 34.4 Å². The molecule has 6 atom stereocenters. The molecule has 0 bridgehead atoms. The highest BCUT2D eigenvalue weighted by atomic mass is 19.4. The average molecular weight is 487 g/mol. The number of rotatable bonds is 8. The van der Waals surface area contributed by atoms with Crippen LogP contribution in [-0.2, 0) is 30.2 Å². The Morgan fingerprint density at radius 3 is 2.59 bits per heavy atom. The Morgan fingerprint density at radius 2 is 1.91 bits per heavy atom. The number of esters is 1. The summed E-state index contributed by atoms with van der Waals surface area (Å²) in [4.78, 5) is 11.3. The molecule has 1 aromatic carbocycles. The van der Waals surface area contributed by atoms with Crippen LogP contribution in [0, 0.1) is 23.2 Å². The van der Waals surface area contributed by atoms with E-state index in [0.717, 1.165) is 11.1 Å². The number of benzene rings is 1. The van der Waals surface area contributed by atoms with E-state index in [4.69, 9.17) is 23.7 Å². The zero-order valence-electron chi connectivity index (χ0n) is 19.9. The normalized spacial score (nSPS) is 32.6. The molecule has 2 fully saturated rings. The minimum absolute atomic E-state index is 0.0291. The summed E-state index contributed by atoms with van der Waals surface area (Å²) >= 11 is 0. The Morgan fingerprint density at radius 1 is 1.15 bits per heavy atom. The summed E-state index contributed by atoms with van der Waals surface area (Å²) in [6.45, 7) is 1.17. The van der Waals surface area contributed by atoms with Crippen LogP contribution in [0.4, 0.5) is 13.2 Å². The van der Waals surface area contributed by atoms with E-state index in [1.165, 1.54) is 21.1 Å². The maximum atomic E-state index is 14.9. The fourth-order valence-corrected chi connectivity index (χ4v) is 6.96. The van der Waals surface area contributed by atoms with E-state index in [-0.39, 0.29) is 38.4 Å². The smallest absolute Gasteiger partial charge is 0.395 e. The van der Waals surface area contributed by atoms with Gasteiger partial charge in [-0.3, -0.25) is 4.79 Å². The summed E-state index contributed by atoms with van der Waals surface area (Å²) in [5.41, 5.74) is 0.274. The number of methoxy groups -OCH3 is 2. The molecule has 34 heavy (non-hydrogen) atoms. The zero-order valence-corrected chi connectivity index (χ0v) is 19.9. The first-order chi connectivity index (χ1) is 16.2. The van der Waals surface area contributed by atoms with Gasteiger partial charge in [0, 0.05) is 27.1 Å². The number of aryl methyl sites for hydroxylation is 1. The summed E-state index contributed by atoms with van der Waals surface area (Å²) in [7, 11) is 2.92. The maximum Gasteiger partial charge on any atom is 0.395 e. The van der Waals surface area contributed by atoms with Crippen molar-refractivity contribution in [2.24, 2.45) is 23.2 Å². The SMILES string of the molecule is COCOC[C@@H]1[C@H](OCOC)C[C@H]2[C@@H]3CCc4cc(OC(C)=O)ccc4[C@H]3CC[C@]12C(F)(F)F. The van der Waals surface area contributed by atoms with Gasteiger partial charge in [-0.15, -0.1) is 0 Å². The van der Waals surface area contributed by atoms with Crippen LogP contribution in [-0.4, -0.2) is 52.7 Å². The number of carbonyl (C=O) groups excluding carboxylic acids is 1. The summed E-state index contributed by atoms with van der Waals surface area (Å²) < 4.78 is 71.3. The van der Waals surface area contributed by atoms with Crippen molar-refractivity contribution in [2.45, 2.75) is 57.2 Å². The van der Waals surface area contributed by atoms with E-state index in [9.17, 15) is 18.0 Å². The summed E-state index contributed by atoms with van der Waals surface area (Å²) in [5.74, 6) is -1.37. The third-order valence-electron chi connectivity index (χ3n) is 8.11. The molecule has 0 heterocycles. The van der Waals surface area contributed by atoms with Crippen molar-refractivity contribution in [3.63, 3.8) is 0 Å². The standard InChI is InChI=1S/C25H33F3O6/c1-15(29)34-17-5-7-18-16(10-17)4-6-20-19(18)8-9-24(25(26,27)28)21(20)11-23(33-14-31-3)22(24)12-32-13-30-2/h5,7,10,19-23H,4,6,8-9,11-14H2,1-3H3/t19-,20-,21+,22-,23-,24-/m1/s1. The first kappa shape index (κ1) is 25.4. The van der Waals surface area contributed by atoms with Crippen LogP contribution in [0.15, 0.2) is 18.2 Å². The highest BCUT2D eigenvalue weighted by molar-refractivity contribution is 5.69. The maximum absolute atomic E-state index is 14.9. The Labute approximate surface area is 198 Å². The molecular formula is C25H33F3O6. The van der Waals surface area contributed by atoms with Gasteiger partial charge in [-0.25, -0.2) is 0 Å². The number of carbonyl (C=O) groups is 1. The number of hydrogen-bond donors (Lipinski definition) is 0. The molecule has 4 rings (SSSR count). The summed E-state index contributed by atoms with van der Waals surface area (Å²) in [6.07, 6.45) is -2.87. The van der Waals surface area contributed by atoms with Crippen molar-refractivity contribution in [3.05, 3.63) is 29.3 Å². The minimum atomic E-state index is -4.38. The highest BCUT2D eigenvalue weighted by Crippen LogP contribution is 2.68. The molecule has 0 unspecified atom stereocenters. The number of halogens is 3. The van der Waals surface area contributed by atoms with Gasteiger partial charge < -0.3 is 23.7 Å². The van der Waals surface area contributed by atoms with Crippen LogP contribution in [0.25, 0.3) is 0 Å². The van der Waals surface area contributed by atoms with E-state index in [0.29, 0.717) is 31.4 Å². The molecule has 3 aliphatic carbocycles. The second-order valence-corrected chi connectivity index (χ2v) is 9.68. The third kappa shape index (κ3) is 4.47. The van der Waals surface area contributed by atoms with Gasteiger partial charge in [0.2, 0.25) is 0 Å². The molecule has 0 saturated heterocycles. The van der Waals surface area contributed by atoms with Crippen molar-refractivity contribution in [1.29, 1.82) is 0 Å². The van der Waals surface area contributed by atoms with Crippen LogP contribution in [0.3, 0.4) is 0 Å². The predicted octanol–water partition coefficient (Wildman–Crippen LogP) is 4.85. The number of fused-ring (bicyclic) bond motifs is 5. The van der Waals surface area contributed by atoms with E-state index < -0.39 is 35.5 Å². The molecule has 6 nitrogen and oxygen atoms in total. The molecule has 9 heteroatoms. The van der Waals surface area contributed by atoms with Crippen molar-refractivity contribution in [3.8, 4) is 5.75 Å². The monoisotopic (exact) mass is 486 g/mol. The lowest BCUT2D eigenvalue weighted by atomic mass is 9.53. The largest absolute Gasteiger partial charge is 0.427 e. The fourth-order valence-electron chi connectivity index (χ4n) is 6.96. The van der Waals surface area contributed by atoms with E-state index >= 15 is 0 Å². The number of alkyl halides is 3. The van der Waals surface area contributed by atoms with Gasteiger partial charge in [0.1, 0.15) is 19.3 Å². The highest BCUT2D eigenvalue weighted by Gasteiger charge is 2.71. The van der Waals surface area contributed by atoms with Gasteiger partial charge in [-0.1, -0.05) is 6.07 Å². The second-order valence-electron chi connectivity index (χ2n) is 9.68. The van der Waals surface area contributed by atoms with Gasteiger partial charge in [-0.2, -0.15) is 13.2 Å². The van der Waals surface area contributed by atoms with E-state index in [1.54, 1.807) is 6.07 Å². The lowest BCUT2D eigenvalue weighted by Gasteiger charge is -2.52. The quantitative estimate of drug-likeness (QED) is 0.227. The molecule has 1 aromatic rings. The summed E-state index contributed by atoms with van der Waals surface area (Å²) in [5, 5.41) is 0. The lowest BCUT2D eigenvalue weighted by molar-refractivity contribution is -0.280. The molecule has 0 aliphatic heterocycles. The molecule has 0 amide bonds. The molecular weight excluding hydrogens is 453 g/mol. The Kier molecular flexibility index (Phi) is 7.57. The average Bonchev–Trinajstić information content (AvgIpc) is 3.12. The second kappa shape index (κ2) is 10.1.